The van der Waals surface area contributed by atoms with E-state index < -0.39 is 15.8 Å². The molecule has 0 spiro atoms. The number of hydrogen-bond donors (Lipinski definition) is 2. The Bertz CT molecular complexity index is 568. The van der Waals surface area contributed by atoms with E-state index >= 15 is 0 Å². The molecule has 1 aromatic carbocycles. The van der Waals surface area contributed by atoms with Crippen molar-refractivity contribution in [1.29, 1.82) is 0 Å². The van der Waals surface area contributed by atoms with Crippen molar-refractivity contribution in [3.63, 3.8) is 0 Å². The van der Waals surface area contributed by atoms with Gasteiger partial charge in [-0.25, -0.2) is 17.5 Å². The number of hydrogen-bond acceptors (Lipinski definition) is 3. The summed E-state index contributed by atoms with van der Waals surface area (Å²) in [6.45, 7) is 2.01. The Morgan fingerprint density at radius 1 is 1.42 bits per heavy atom. The van der Waals surface area contributed by atoms with Crippen molar-refractivity contribution >= 4 is 10.0 Å². The number of nitrogens with one attached hydrogen (secondary N) is 1. The van der Waals surface area contributed by atoms with E-state index in [2.05, 4.69) is 4.72 Å². The van der Waals surface area contributed by atoms with E-state index in [0.29, 0.717) is 18.0 Å². The standard InChI is InChI=1S/C13H19FN2O2S/c1-9-12(14)5-11(7-15)6-13(9)19(17,18)16-8-10-3-2-4-10/h5-6,10,16H,2-4,7-8,15H2,1H3. The number of rotatable bonds is 5. The first-order valence-corrected chi connectivity index (χ1v) is 7.91. The van der Waals surface area contributed by atoms with Gasteiger partial charge in [-0.1, -0.05) is 6.42 Å². The van der Waals surface area contributed by atoms with E-state index in [9.17, 15) is 12.8 Å². The first-order chi connectivity index (χ1) is 8.94. The monoisotopic (exact) mass is 286 g/mol. The maximum absolute atomic E-state index is 13.7. The zero-order chi connectivity index (χ0) is 14.0. The summed E-state index contributed by atoms with van der Waals surface area (Å²) in [5.41, 5.74) is 6.07. The van der Waals surface area contributed by atoms with Gasteiger partial charge in [0, 0.05) is 18.7 Å². The van der Waals surface area contributed by atoms with Gasteiger partial charge in [0.1, 0.15) is 5.82 Å². The third-order valence-corrected chi connectivity index (χ3v) is 5.22. The lowest BCUT2D eigenvalue weighted by Crippen LogP contribution is -2.32. The van der Waals surface area contributed by atoms with Gasteiger partial charge < -0.3 is 5.73 Å². The largest absolute Gasteiger partial charge is 0.326 e. The molecule has 0 bridgehead atoms. The molecule has 0 aromatic heterocycles. The Labute approximate surface area is 113 Å². The topological polar surface area (TPSA) is 72.2 Å². The predicted octanol–water partition coefficient (Wildman–Crippen LogP) is 1.67. The van der Waals surface area contributed by atoms with E-state index in [-0.39, 0.29) is 17.0 Å². The van der Waals surface area contributed by atoms with E-state index in [1.54, 1.807) is 0 Å². The average Bonchev–Trinajstić information content (AvgIpc) is 2.30. The minimum absolute atomic E-state index is 0.00715. The number of benzene rings is 1. The predicted molar refractivity (Wildman–Crippen MR) is 71.6 cm³/mol. The fourth-order valence-corrected chi connectivity index (χ4v) is 3.52. The second-order valence-electron chi connectivity index (χ2n) is 5.05. The second-order valence-corrected chi connectivity index (χ2v) is 6.79. The van der Waals surface area contributed by atoms with Crippen LogP contribution in [0.3, 0.4) is 0 Å². The third-order valence-electron chi connectivity index (χ3n) is 3.67. The van der Waals surface area contributed by atoms with Gasteiger partial charge in [-0.05, 0) is 43.4 Å². The molecule has 2 rings (SSSR count). The zero-order valence-corrected chi connectivity index (χ0v) is 11.8. The van der Waals surface area contributed by atoms with Crippen molar-refractivity contribution in [2.45, 2.75) is 37.6 Å². The van der Waals surface area contributed by atoms with Gasteiger partial charge in [0.25, 0.3) is 0 Å². The lowest BCUT2D eigenvalue weighted by atomic mass is 9.86. The molecule has 0 atom stereocenters. The lowest BCUT2D eigenvalue weighted by Gasteiger charge is -2.25. The first kappa shape index (κ1) is 14.4. The molecule has 0 saturated heterocycles. The summed E-state index contributed by atoms with van der Waals surface area (Å²) in [7, 11) is -3.66. The maximum atomic E-state index is 13.7. The minimum atomic E-state index is -3.66. The lowest BCUT2D eigenvalue weighted by molar-refractivity contribution is 0.316. The smallest absolute Gasteiger partial charge is 0.240 e. The highest BCUT2D eigenvalue weighted by atomic mass is 32.2. The molecule has 19 heavy (non-hydrogen) atoms. The summed E-state index contributed by atoms with van der Waals surface area (Å²) in [4.78, 5) is -0.00715. The van der Waals surface area contributed by atoms with Crippen LogP contribution in [0.15, 0.2) is 17.0 Å². The molecule has 0 unspecified atom stereocenters. The molecule has 1 fully saturated rings. The Hall–Kier alpha value is -0.980. The van der Waals surface area contributed by atoms with Crippen molar-refractivity contribution in [3.8, 4) is 0 Å². The molecule has 1 aromatic rings. The quantitative estimate of drug-likeness (QED) is 0.865. The number of halogens is 1. The van der Waals surface area contributed by atoms with Crippen LogP contribution in [0.2, 0.25) is 0 Å². The van der Waals surface area contributed by atoms with Crippen LogP contribution in [0.4, 0.5) is 4.39 Å². The Morgan fingerprint density at radius 2 is 2.11 bits per heavy atom. The summed E-state index contributed by atoms with van der Waals surface area (Å²) in [5.74, 6) is -0.121. The second kappa shape index (κ2) is 5.56. The summed E-state index contributed by atoms with van der Waals surface area (Å²) < 4.78 is 40.6. The molecule has 3 N–H and O–H groups in total. The number of nitrogens with two attached hydrogens (primary N) is 1. The molecule has 1 aliphatic carbocycles. The van der Waals surface area contributed by atoms with Crippen molar-refractivity contribution in [2.24, 2.45) is 11.7 Å². The van der Waals surface area contributed by atoms with E-state index in [1.165, 1.54) is 19.1 Å². The van der Waals surface area contributed by atoms with E-state index in [1.807, 2.05) is 0 Å². The SMILES string of the molecule is Cc1c(F)cc(CN)cc1S(=O)(=O)NCC1CCC1. The van der Waals surface area contributed by atoms with Gasteiger partial charge >= 0.3 is 0 Å². The van der Waals surface area contributed by atoms with Crippen LogP contribution in [-0.4, -0.2) is 15.0 Å². The van der Waals surface area contributed by atoms with Gasteiger partial charge in [0.2, 0.25) is 10.0 Å². The van der Waals surface area contributed by atoms with Crippen LogP contribution in [0.25, 0.3) is 0 Å². The Morgan fingerprint density at radius 3 is 2.63 bits per heavy atom. The van der Waals surface area contributed by atoms with Gasteiger partial charge in [-0.15, -0.1) is 0 Å². The van der Waals surface area contributed by atoms with Gasteiger partial charge in [0.15, 0.2) is 0 Å². The fourth-order valence-electron chi connectivity index (χ4n) is 2.11. The van der Waals surface area contributed by atoms with Crippen LogP contribution in [-0.2, 0) is 16.6 Å². The molecule has 0 aliphatic heterocycles. The van der Waals surface area contributed by atoms with Gasteiger partial charge in [-0.3, -0.25) is 0 Å². The molecular weight excluding hydrogens is 267 g/mol. The van der Waals surface area contributed by atoms with Crippen LogP contribution < -0.4 is 10.5 Å². The molecule has 6 heteroatoms. The maximum Gasteiger partial charge on any atom is 0.240 e. The molecule has 4 nitrogen and oxygen atoms in total. The summed E-state index contributed by atoms with van der Waals surface area (Å²) in [6, 6.07) is 2.72. The van der Waals surface area contributed by atoms with E-state index in [0.717, 1.165) is 19.3 Å². The highest BCUT2D eigenvalue weighted by molar-refractivity contribution is 7.89. The molecule has 0 heterocycles. The molecule has 0 radical (unpaired) electrons. The third kappa shape index (κ3) is 3.13. The average molecular weight is 286 g/mol. The summed E-state index contributed by atoms with van der Waals surface area (Å²) in [6.07, 6.45) is 3.26. The molecule has 106 valence electrons. The Kier molecular flexibility index (Phi) is 4.23. The van der Waals surface area contributed by atoms with Crippen LogP contribution in [0, 0.1) is 18.7 Å². The van der Waals surface area contributed by atoms with Crippen LogP contribution in [0.1, 0.15) is 30.4 Å². The van der Waals surface area contributed by atoms with Crippen molar-refractivity contribution in [3.05, 3.63) is 29.1 Å². The number of sulfonamides is 1. The van der Waals surface area contributed by atoms with Gasteiger partial charge in [-0.2, -0.15) is 0 Å². The zero-order valence-electron chi connectivity index (χ0n) is 10.9. The van der Waals surface area contributed by atoms with Crippen LogP contribution in [0.5, 0.6) is 0 Å². The minimum Gasteiger partial charge on any atom is -0.326 e. The van der Waals surface area contributed by atoms with E-state index in [4.69, 9.17) is 5.73 Å². The molecular formula is C13H19FN2O2S. The summed E-state index contributed by atoms with van der Waals surface area (Å²) >= 11 is 0. The fraction of sp³-hybridized carbons (Fsp3) is 0.538. The molecule has 1 aliphatic rings. The van der Waals surface area contributed by atoms with Crippen LogP contribution >= 0.6 is 0 Å². The highest BCUT2D eigenvalue weighted by Gasteiger charge is 2.23. The Balaban J connectivity index is 2.25. The van der Waals surface area contributed by atoms with Crippen molar-refractivity contribution in [1.82, 2.24) is 4.72 Å². The first-order valence-electron chi connectivity index (χ1n) is 6.43. The highest BCUT2D eigenvalue weighted by Crippen LogP contribution is 2.26. The van der Waals surface area contributed by atoms with Crippen molar-refractivity contribution in [2.75, 3.05) is 6.54 Å². The normalized spacial score (nSPS) is 16.4. The summed E-state index contributed by atoms with van der Waals surface area (Å²) in [5, 5.41) is 0. The molecule has 0 amide bonds. The van der Waals surface area contributed by atoms with Gasteiger partial charge in [0.05, 0.1) is 4.90 Å². The van der Waals surface area contributed by atoms with Crippen molar-refractivity contribution < 1.29 is 12.8 Å². The molecule has 1 saturated carbocycles.